The zero-order valence-corrected chi connectivity index (χ0v) is 9.52. The number of anilines is 1. The lowest BCUT2D eigenvalue weighted by Gasteiger charge is -2.12. The van der Waals surface area contributed by atoms with Crippen molar-refractivity contribution in [2.24, 2.45) is 5.92 Å². The van der Waals surface area contributed by atoms with Gasteiger partial charge in [0.15, 0.2) is 0 Å². The molecule has 0 fully saturated rings. The van der Waals surface area contributed by atoms with Crippen molar-refractivity contribution in [1.82, 2.24) is 0 Å². The van der Waals surface area contributed by atoms with E-state index in [9.17, 15) is 14.0 Å². The first kappa shape index (κ1) is 12.3. The van der Waals surface area contributed by atoms with Crippen molar-refractivity contribution in [1.29, 1.82) is 0 Å². The molecule has 1 aliphatic rings. The average Bonchev–Trinajstić information content (AvgIpc) is 2.81. The molecule has 0 unspecified atom stereocenters. The number of benzene rings is 1. The molecule has 1 aliphatic carbocycles. The molecule has 0 saturated heterocycles. The number of amides is 1. The minimum Gasteiger partial charge on any atom is -0.478 e. The number of rotatable bonds is 3. The van der Waals surface area contributed by atoms with Crippen molar-refractivity contribution in [3.8, 4) is 0 Å². The summed E-state index contributed by atoms with van der Waals surface area (Å²) in [4.78, 5) is 22.8. The van der Waals surface area contributed by atoms with Gasteiger partial charge in [0.1, 0.15) is 11.4 Å². The van der Waals surface area contributed by atoms with Crippen molar-refractivity contribution in [3.63, 3.8) is 0 Å². The molecule has 0 atom stereocenters. The maximum atomic E-state index is 13.4. The molecule has 1 aromatic carbocycles. The summed E-state index contributed by atoms with van der Waals surface area (Å²) in [5.74, 6) is -2.74. The molecule has 1 aromatic rings. The van der Waals surface area contributed by atoms with Crippen molar-refractivity contribution >= 4 is 17.6 Å². The lowest BCUT2D eigenvalue weighted by atomic mass is 10.1. The van der Waals surface area contributed by atoms with Gasteiger partial charge in [-0.1, -0.05) is 18.2 Å². The van der Waals surface area contributed by atoms with Gasteiger partial charge in [-0.15, -0.1) is 0 Å². The molecular weight excluding hydrogens is 237 g/mol. The van der Waals surface area contributed by atoms with Crippen LogP contribution >= 0.6 is 0 Å². The second kappa shape index (κ2) is 5.00. The van der Waals surface area contributed by atoms with Crippen LogP contribution < -0.4 is 5.32 Å². The molecule has 94 valence electrons. The zero-order chi connectivity index (χ0) is 13.1. The summed E-state index contributed by atoms with van der Waals surface area (Å²) in [5.41, 5.74) is -0.504. The van der Waals surface area contributed by atoms with Crippen LogP contribution in [0.1, 0.15) is 23.2 Å². The van der Waals surface area contributed by atoms with E-state index in [-0.39, 0.29) is 17.5 Å². The minimum absolute atomic E-state index is 0.000556. The van der Waals surface area contributed by atoms with Gasteiger partial charge in [0.05, 0.1) is 5.69 Å². The summed E-state index contributed by atoms with van der Waals surface area (Å²) in [5, 5.41) is 11.4. The SMILES string of the molecule is O=C(O)c1c(F)cccc1NC(=O)C1CC=CC1. The Morgan fingerprint density at radius 1 is 1.28 bits per heavy atom. The first-order valence-corrected chi connectivity index (χ1v) is 5.57. The van der Waals surface area contributed by atoms with Crippen LogP contribution in [0.25, 0.3) is 0 Å². The van der Waals surface area contributed by atoms with Crippen molar-refractivity contribution in [2.45, 2.75) is 12.8 Å². The quantitative estimate of drug-likeness (QED) is 0.808. The van der Waals surface area contributed by atoms with Gasteiger partial charge in [-0.2, -0.15) is 0 Å². The number of halogens is 1. The number of hydrogen-bond donors (Lipinski definition) is 2. The number of carboxylic acids is 1. The molecule has 0 bridgehead atoms. The van der Waals surface area contributed by atoms with E-state index in [0.717, 1.165) is 6.07 Å². The normalized spacial score (nSPS) is 14.7. The molecule has 0 aromatic heterocycles. The summed E-state index contributed by atoms with van der Waals surface area (Å²) in [6.45, 7) is 0. The first-order chi connectivity index (χ1) is 8.59. The second-order valence-electron chi connectivity index (χ2n) is 4.10. The summed E-state index contributed by atoms with van der Waals surface area (Å²) in [7, 11) is 0. The van der Waals surface area contributed by atoms with Crippen molar-refractivity contribution in [2.75, 3.05) is 5.32 Å². The highest BCUT2D eigenvalue weighted by Crippen LogP contribution is 2.23. The number of hydrogen-bond acceptors (Lipinski definition) is 2. The molecule has 0 radical (unpaired) electrons. The third-order valence-electron chi connectivity index (χ3n) is 2.86. The van der Waals surface area contributed by atoms with E-state index in [1.165, 1.54) is 12.1 Å². The van der Waals surface area contributed by atoms with Crippen LogP contribution in [0.15, 0.2) is 30.4 Å². The highest BCUT2D eigenvalue weighted by atomic mass is 19.1. The smallest absolute Gasteiger partial charge is 0.340 e. The third-order valence-corrected chi connectivity index (χ3v) is 2.86. The largest absolute Gasteiger partial charge is 0.478 e. The van der Waals surface area contributed by atoms with E-state index in [1.807, 2.05) is 12.2 Å². The van der Waals surface area contributed by atoms with Crippen LogP contribution in [0.3, 0.4) is 0 Å². The van der Waals surface area contributed by atoms with E-state index in [1.54, 1.807) is 0 Å². The van der Waals surface area contributed by atoms with Crippen LogP contribution in [0.4, 0.5) is 10.1 Å². The predicted molar refractivity (Wildman–Crippen MR) is 63.9 cm³/mol. The van der Waals surface area contributed by atoms with Crippen molar-refractivity contribution in [3.05, 3.63) is 41.7 Å². The molecule has 2 rings (SSSR count). The number of carbonyl (C=O) groups is 2. The predicted octanol–water partition coefficient (Wildman–Crippen LogP) is 2.43. The second-order valence-corrected chi connectivity index (χ2v) is 4.10. The third kappa shape index (κ3) is 2.40. The molecular formula is C13H12FNO3. The Hall–Kier alpha value is -2.17. The lowest BCUT2D eigenvalue weighted by molar-refractivity contribution is -0.119. The standard InChI is InChI=1S/C13H12FNO3/c14-9-6-3-7-10(11(9)13(17)18)15-12(16)8-4-1-2-5-8/h1-3,6-8H,4-5H2,(H,15,16)(H,17,18). The Morgan fingerprint density at radius 2 is 1.94 bits per heavy atom. The fourth-order valence-electron chi connectivity index (χ4n) is 1.91. The fraction of sp³-hybridized carbons (Fsp3) is 0.231. The molecule has 0 spiro atoms. The maximum Gasteiger partial charge on any atom is 0.340 e. The molecule has 0 heterocycles. The van der Waals surface area contributed by atoms with E-state index < -0.39 is 17.3 Å². The first-order valence-electron chi connectivity index (χ1n) is 5.57. The van der Waals surface area contributed by atoms with Gasteiger partial charge in [0, 0.05) is 5.92 Å². The molecule has 4 nitrogen and oxygen atoms in total. The number of carboxylic acid groups (broad SMARTS) is 1. The summed E-state index contributed by atoms with van der Waals surface area (Å²) in [6.07, 6.45) is 5.05. The van der Waals surface area contributed by atoms with E-state index in [4.69, 9.17) is 5.11 Å². The highest BCUT2D eigenvalue weighted by Gasteiger charge is 2.22. The summed E-state index contributed by atoms with van der Waals surface area (Å²) >= 11 is 0. The Balaban J connectivity index is 2.21. The Morgan fingerprint density at radius 3 is 2.56 bits per heavy atom. The Bertz CT molecular complexity index is 517. The zero-order valence-electron chi connectivity index (χ0n) is 9.52. The Labute approximate surface area is 103 Å². The summed E-state index contributed by atoms with van der Waals surface area (Å²) < 4.78 is 13.4. The van der Waals surface area contributed by atoms with Crippen LogP contribution in [-0.2, 0) is 4.79 Å². The number of allylic oxidation sites excluding steroid dienone is 2. The maximum absolute atomic E-state index is 13.4. The van der Waals surface area contributed by atoms with Gasteiger partial charge >= 0.3 is 5.97 Å². The van der Waals surface area contributed by atoms with Gasteiger partial charge in [0.2, 0.25) is 5.91 Å². The highest BCUT2D eigenvalue weighted by molar-refractivity contribution is 6.01. The minimum atomic E-state index is -1.40. The monoisotopic (exact) mass is 249 g/mol. The van der Waals surface area contributed by atoms with E-state index in [0.29, 0.717) is 12.8 Å². The topological polar surface area (TPSA) is 66.4 Å². The van der Waals surface area contributed by atoms with Crippen LogP contribution in [0, 0.1) is 11.7 Å². The van der Waals surface area contributed by atoms with E-state index in [2.05, 4.69) is 5.32 Å². The molecule has 0 saturated carbocycles. The van der Waals surface area contributed by atoms with Gasteiger partial charge in [0.25, 0.3) is 0 Å². The van der Waals surface area contributed by atoms with Gasteiger partial charge in [-0.05, 0) is 25.0 Å². The van der Waals surface area contributed by atoms with Crippen LogP contribution in [0.5, 0.6) is 0 Å². The molecule has 2 N–H and O–H groups in total. The number of nitrogens with one attached hydrogen (secondary N) is 1. The number of carbonyl (C=O) groups excluding carboxylic acids is 1. The molecule has 0 aliphatic heterocycles. The molecule has 5 heteroatoms. The summed E-state index contributed by atoms with van der Waals surface area (Å²) in [6, 6.07) is 3.80. The Kier molecular flexibility index (Phi) is 3.41. The van der Waals surface area contributed by atoms with Crippen LogP contribution in [-0.4, -0.2) is 17.0 Å². The van der Waals surface area contributed by atoms with Gasteiger partial charge in [-0.3, -0.25) is 4.79 Å². The van der Waals surface area contributed by atoms with Gasteiger partial charge in [-0.25, -0.2) is 9.18 Å². The molecule has 1 amide bonds. The van der Waals surface area contributed by atoms with Gasteiger partial charge < -0.3 is 10.4 Å². The fourth-order valence-corrected chi connectivity index (χ4v) is 1.91. The average molecular weight is 249 g/mol. The lowest BCUT2D eigenvalue weighted by Crippen LogP contribution is -2.22. The molecule has 18 heavy (non-hydrogen) atoms. The number of aromatic carboxylic acids is 1. The van der Waals surface area contributed by atoms with Crippen LogP contribution in [0.2, 0.25) is 0 Å². The van der Waals surface area contributed by atoms with Crippen molar-refractivity contribution < 1.29 is 19.1 Å². The van der Waals surface area contributed by atoms with E-state index >= 15 is 0 Å².